The Morgan fingerprint density at radius 3 is 2.03 bits per heavy atom. The van der Waals surface area contributed by atoms with Crippen molar-refractivity contribution in [2.45, 2.75) is 75.5 Å². The van der Waals surface area contributed by atoms with Crippen molar-refractivity contribution in [1.82, 2.24) is 4.90 Å². The summed E-state index contributed by atoms with van der Waals surface area (Å²) in [6.45, 7) is 2.22. The third-order valence-electron chi connectivity index (χ3n) is 7.67. The van der Waals surface area contributed by atoms with E-state index in [0.29, 0.717) is 31.6 Å². The molecule has 2 fully saturated rings. The molecule has 1 aliphatic carbocycles. The summed E-state index contributed by atoms with van der Waals surface area (Å²) >= 11 is 0. The van der Waals surface area contributed by atoms with Gasteiger partial charge in [0.15, 0.2) is 0 Å². The minimum absolute atomic E-state index is 0. The monoisotopic (exact) mass is 578 g/mol. The summed E-state index contributed by atoms with van der Waals surface area (Å²) in [5.74, 6) is -0.305. The average molecular weight is 579 g/mol. The number of amides is 1. The third-order valence-corrected chi connectivity index (χ3v) is 7.67. The van der Waals surface area contributed by atoms with Crippen molar-refractivity contribution in [3.05, 3.63) is 70.8 Å². The van der Waals surface area contributed by atoms with Crippen LogP contribution in [0, 0.1) is 5.92 Å². The summed E-state index contributed by atoms with van der Waals surface area (Å²) in [6, 6.07) is 11.0. The number of benzene rings is 2. The number of ether oxygens (including phenoxy) is 1. The zero-order valence-electron chi connectivity index (χ0n) is 21.5. The number of carbonyl (C=O) groups excluding carboxylic acids is 1. The van der Waals surface area contributed by atoms with Gasteiger partial charge in [0, 0.05) is 31.0 Å². The van der Waals surface area contributed by atoms with Gasteiger partial charge in [0.1, 0.15) is 0 Å². The quantitative estimate of drug-likeness (QED) is 0.384. The number of carbonyl (C=O) groups is 1. The fraction of sp³-hybridized carbons (Fsp3) is 0.536. The van der Waals surface area contributed by atoms with Crippen LogP contribution >= 0.6 is 12.4 Å². The van der Waals surface area contributed by atoms with E-state index in [0.717, 1.165) is 31.2 Å². The average Bonchev–Trinajstić information content (AvgIpc) is 2.88. The maximum absolute atomic E-state index is 13.4. The smallest absolute Gasteiger partial charge is 0.370 e. The van der Waals surface area contributed by atoms with Gasteiger partial charge in [-0.05, 0) is 68.4 Å². The molecular weight excluding hydrogens is 546 g/mol. The van der Waals surface area contributed by atoms with Gasteiger partial charge < -0.3 is 15.4 Å². The highest BCUT2D eigenvalue weighted by atomic mass is 35.5. The molecule has 0 radical (unpaired) electrons. The van der Waals surface area contributed by atoms with Crippen LogP contribution in [0.5, 0.6) is 0 Å². The van der Waals surface area contributed by atoms with Crippen LogP contribution in [-0.4, -0.2) is 36.0 Å². The molecule has 1 amide bonds. The number of halogens is 7. The molecule has 1 heterocycles. The zero-order valence-corrected chi connectivity index (χ0v) is 22.3. The molecule has 2 N–H and O–H groups in total. The van der Waals surface area contributed by atoms with Gasteiger partial charge in [0.25, 0.3) is 0 Å². The molecule has 4 nitrogen and oxygen atoms in total. The molecule has 2 aromatic rings. The fourth-order valence-electron chi connectivity index (χ4n) is 5.49. The minimum atomic E-state index is -4.93. The lowest BCUT2D eigenvalue weighted by atomic mass is 9.83. The first kappa shape index (κ1) is 31.2. The van der Waals surface area contributed by atoms with Gasteiger partial charge in [0.2, 0.25) is 5.91 Å². The summed E-state index contributed by atoms with van der Waals surface area (Å²) in [5, 5.41) is 0. The van der Waals surface area contributed by atoms with E-state index < -0.39 is 35.7 Å². The first-order valence-electron chi connectivity index (χ1n) is 12.9. The second kappa shape index (κ2) is 12.5. The highest BCUT2D eigenvalue weighted by Gasteiger charge is 2.39. The fourth-order valence-corrected chi connectivity index (χ4v) is 5.49. The van der Waals surface area contributed by atoms with Gasteiger partial charge in [-0.25, -0.2) is 0 Å². The molecule has 2 aromatic carbocycles. The number of piperidine rings is 1. The van der Waals surface area contributed by atoms with E-state index in [4.69, 9.17) is 10.5 Å². The van der Waals surface area contributed by atoms with Gasteiger partial charge in [-0.3, -0.25) is 4.79 Å². The second-order valence-corrected chi connectivity index (χ2v) is 10.4. The topological polar surface area (TPSA) is 55.6 Å². The molecule has 0 spiro atoms. The first-order valence-corrected chi connectivity index (χ1v) is 12.9. The van der Waals surface area contributed by atoms with Crippen molar-refractivity contribution in [3.8, 4) is 0 Å². The van der Waals surface area contributed by atoms with Gasteiger partial charge in [0.05, 0.1) is 23.3 Å². The summed E-state index contributed by atoms with van der Waals surface area (Å²) in [6.07, 6.45) is -7.92. The van der Waals surface area contributed by atoms with Gasteiger partial charge in [-0.2, -0.15) is 26.3 Å². The van der Waals surface area contributed by atoms with Crippen LogP contribution in [0.25, 0.3) is 0 Å². The largest absolute Gasteiger partial charge is 0.416 e. The molecule has 4 rings (SSSR count). The number of hydrogen-bond donors (Lipinski definition) is 1. The highest BCUT2D eigenvalue weighted by Crippen LogP contribution is 2.40. The summed E-state index contributed by atoms with van der Waals surface area (Å²) in [4.78, 5) is 15.1. The maximum atomic E-state index is 13.4. The Morgan fingerprint density at radius 2 is 1.49 bits per heavy atom. The molecule has 2 aliphatic rings. The Balaban J connectivity index is 0.00000420. The molecule has 0 aromatic heterocycles. The standard InChI is InChI=1S/C28H32F6N2O2.ClH/c1-17(20-13-21(27(29,30)31)15-22(14-20)28(32,33)34)38-25-11-12-36(16-24(25)18-5-3-2-4-6-18)26(37)19-7-9-23(35)10-8-19;/h2-6,13-15,17,19,23-25H,7-12,16,35H2,1H3;1H/t17-,19?,23?,24-,25-;/m0./s1. The lowest BCUT2D eigenvalue weighted by Crippen LogP contribution is -2.48. The van der Waals surface area contributed by atoms with Gasteiger partial charge >= 0.3 is 12.4 Å². The zero-order chi connectivity index (χ0) is 27.7. The molecular formula is C28H33ClF6N2O2. The Kier molecular flexibility index (Phi) is 9.99. The summed E-state index contributed by atoms with van der Waals surface area (Å²) in [7, 11) is 0. The van der Waals surface area contributed by atoms with Crippen molar-refractivity contribution in [2.75, 3.05) is 13.1 Å². The Labute approximate surface area is 230 Å². The summed E-state index contributed by atoms with van der Waals surface area (Å²) < 4.78 is 86.5. The molecule has 3 atom stereocenters. The van der Waals surface area contributed by atoms with Crippen molar-refractivity contribution >= 4 is 18.3 Å². The SMILES string of the molecule is C[C@H](O[C@H]1CCN(C(=O)C2CCC(N)CC2)C[C@H]1c1ccccc1)c1cc(C(F)(F)F)cc(C(F)(F)F)c1.Cl. The lowest BCUT2D eigenvalue weighted by Gasteiger charge is -2.41. The Bertz CT molecular complexity index is 1070. The van der Waals surface area contributed by atoms with Crippen LogP contribution in [0.1, 0.15) is 73.3 Å². The Hall–Kier alpha value is -2.30. The predicted octanol–water partition coefficient (Wildman–Crippen LogP) is 7.13. The number of nitrogens with zero attached hydrogens (tertiary/aromatic N) is 1. The van der Waals surface area contributed by atoms with Crippen molar-refractivity contribution in [1.29, 1.82) is 0 Å². The molecule has 216 valence electrons. The molecule has 1 saturated heterocycles. The number of alkyl halides is 6. The summed E-state index contributed by atoms with van der Waals surface area (Å²) in [5.41, 5.74) is 3.94. The molecule has 11 heteroatoms. The predicted molar refractivity (Wildman–Crippen MR) is 137 cm³/mol. The van der Waals surface area contributed by atoms with E-state index in [2.05, 4.69) is 0 Å². The number of likely N-dealkylation sites (tertiary alicyclic amines) is 1. The van der Waals surface area contributed by atoms with E-state index >= 15 is 0 Å². The van der Waals surface area contributed by atoms with Crippen molar-refractivity contribution in [2.24, 2.45) is 11.7 Å². The molecule has 0 bridgehead atoms. The van der Waals surface area contributed by atoms with Gasteiger partial charge in [-0.1, -0.05) is 30.3 Å². The molecule has 1 aliphatic heterocycles. The number of hydrogen-bond acceptors (Lipinski definition) is 3. The van der Waals surface area contributed by atoms with E-state index in [1.807, 2.05) is 35.2 Å². The van der Waals surface area contributed by atoms with E-state index in [-0.39, 0.29) is 47.8 Å². The van der Waals surface area contributed by atoms with E-state index in [9.17, 15) is 31.1 Å². The normalized spacial score (nSPS) is 25.1. The number of nitrogens with two attached hydrogens (primary N) is 1. The third kappa shape index (κ3) is 7.67. The second-order valence-electron chi connectivity index (χ2n) is 10.4. The molecule has 1 saturated carbocycles. The van der Waals surface area contributed by atoms with Crippen LogP contribution in [0.4, 0.5) is 26.3 Å². The van der Waals surface area contributed by atoms with E-state index in [1.165, 1.54) is 6.92 Å². The molecule has 0 unspecified atom stereocenters. The van der Waals surface area contributed by atoms with Crippen LogP contribution in [0.15, 0.2) is 48.5 Å². The highest BCUT2D eigenvalue weighted by molar-refractivity contribution is 5.85. The van der Waals surface area contributed by atoms with Gasteiger partial charge in [-0.15, -0.1) is 12.4 Å². The minimum Gasteiger partial charge on any atom is -0.370 e. The lowest BCUT2D eigenvalue weighted by molar-refractivity contribution is -0.143. The maximum Gasteiger partial charge on any atom is 0.416 e. The molecule has 39 heavy (non-hydrogen) atoms. The van der Waals surface area contributed by atoms with Crippen LogP contribution in [-0.2, 0) is 21.9 Å². The van der Waals surface area contributed by atoms with E-state index in [1.54, 1.807) is 0 Å². The van der Waals surface area contributed by atoms with Crippen LogP contribution in [0.2, 0.25) is 0 Å². The van der Waals surface area contributed by atoms with Crippen LogP contribution < -0.4 is 5.73 Å². The first-order chi connectivity index (χ1) is 17.8. The number of rotatable bonds is 5. The van der Waals surface area contributed by atoms with Crippen molar-refractivity contribution in [3.63, 3.8) is 0 Å². The Morgan fingerprint density at radius 1 is 0.923 bits per heavy atom. The van der Waals surface area contributed by atoms with Crippen molar-refractivity contribution < 1.29 is 35.9 Å². The van der Waals surface area contributed by atoms with Crippen LogP contribution in [0.3, 0.4) is 0 Å².